The number of thiocarbonyl (C=S) groups is 1. The Morgan fingerprint density at radius 3 is 2.25 bits per heavy atom. The fraction of sp³-hybridized carbons (Fsp3) is 0.417. The average Bonchev–Trinajstić information content (AvgIpc) is 3.29. The SMILES string of the molecule is CCOc1cc(NC(=S)NC[C@@H]2CCCO2)c(OCC)cc1NC(=O)c1ccc(C)cc1. The Morgan fingerprint density at radius 1 is 1.06 bits per heavy atom. The van der Waals surface area contributed by atoms with Crippen LogP contribution in [-0.2, 0) is 4.74 Å². The average molecular weight is 458 g/mol. The second-order valence-corrected chi connectivity index (χ2v) is 7.91. The molecule has 0 unspecified atom stereocenters. The van der Waals surface area contributed by atoms with Crippen molar-refractivity contribution in [3.05, 3.63) is 47.5 Å². The maximum absolute atomic E-state index is 12.8. The largest absolute Gasteiger partial charge is 0.492 e. The molecular formula is C24H31N3O4S. The van der Waals surface area contributed by atoms with Crippen LogP contribution in [0.1, 0.15) is 42.6 Å². The van der Waals surface area contributed by atoms with Gasteiger partial charge in [-0.2, -0.15) is 0 Å². The Balaban J connectivity index is 1.78. The molecule has 0 aromatic heterocycles. The molecule has 1 fully saturated rings. The van der Waals surface area contributed by atoms with Crippen LogP contribution in [-0.4, -0.2) is 43.5 Å². The topological polar surface area (TPSA) is 80.8 Å². The fourth-order valence-corrected chi connectivity index (χ4v) is 3.58. The predicted octanol–water partition coefficient (Wildman–Crippen LogP) is 4.51. The van der Waals surface area contributed by atoms with E-state index in [9.17, 15) is 4.79 Å². The monoisotopic (exact) mass is 457 g/mol. The normalized spacial score (nSPS) is 15.2. The van der Waals surface area contributed by atoms with Gasteiger partial charge in [0.1, 0.15) is 11.5 Å². The van der Waals surface area contributed by atoms with E-state index in [0.717, 1.165) is 25.0 Å². The van der Waals surface area contributed by atoms with Crippen molar-refractivity contribution in [2.45, 2.75) is 39.7 Å². The highest BCUT2D eigenvalue weighted by molar-refractivity contribution is 7.80. The number of carbonyl (C=O) groups excluding carboxylic acids is 1. The van der Waals surface area contributed by atoms with Crippen molar-refractivity contribution in [2.24, 2.45) is 0 Å². The number of amides is 1. The molecule has 2 aromatic rings. The molecule has 3 rings (SSSR count). The lowest BCUT2D eigenvalue weighted by Gasteiger charge is -2.19. The van der Waals surface area contributed by atoms with Crippen molar-refractivity contribution in [2.75, 3.05) is 37.0 Å². The highest BCUT2D eigenvalue weighted by Crippen LogP contribution is 2.37. The molecule has 1 atom stereocenters. The van der Waals surface area contributed by atoms with Gasteiger partial charge in [-0.05, 0) is 58.0 Å². The van der Waals surface area contributed by atoms with Crippen LogP contribution in [0.5, 0.6) is 11.5 Å². The third-order valence-corrected chi connectivity index (χ3v) is 5.25. The van der Waals surface area contributed by atoms with Crippen molar-refractivity contribution in [3.63, 3.8) is 0 Å². The molecule has 1 amide bonds. The second kappa shape index (κ2) is 11.7. The van der Waals surface area contributed by atoms with Gasteiger partial charge in [-0.25, -0.2) is 0 Å². The lowest BCUT2D eigenvalue weighted by Crippen LogP contribution is -2.34. The molecule has 0 bridgehead atoms. The summed E-state index contributed by atoms with van der Waals surface area (Å²) in [5.74, 6) is 0.875. The van der Waals surface area contributed by atoms with Gasteiger partial charge >= 0.3 is 0 Å². The Hall–Kier alpha value is -2.84. The van der Waals surface area contributed by atoms with Gasteiger partial charge in [0.05, 0.1) is 30.7 Å². The fourth-order valence-electron chi connectivity index (χ4n) is 3.38. The van der Waals surface area contributed by atoms with E-state index >= 15 is 0 Å². The number of anilines is 2. The second-order valence-electron chi connectivity index (χ2n) is 7.50. The van der Waals surface area contributed by atoms with E-state index < -0.39 is 0 Å². The summed E-state index contributed by atoms with van der Waals surface area (Å²) in [6.07, 6.45) is 2.29. The molecule has 0 aliphatic carbocycles. The maximum atomic E-state index is 12.8. The maximum Gasteiger partial charge on any atom is 0.255 e. The molecule has 0 radical (unpaired) electrons. The number of hydrogen-bond acceptors (Lipinski definition) is 5. The molecule has 0 spiro atoms. The summed E-state index contributed by atoms with van der Waals surface area (Å²) in [6.45, 7) is 8.14. The van der Waals surface area contributed by atoms with Gasteiger partial charge in [-0.3, -0.25) is 4.79 Å². The smallest absolute Gasteiger partial charge is 0.255 e. The predicted molar refractivity (Wildman–Crippen MR) is 131 cm³/mol. The lowest BCUT2D eigenvalue weighted by molar-refractivity contribution is 0.102. The lowest BCUT2D eigenvalue weighted by atomic mass is 10.1. The van der Waals surface area contributed by atoms with Crippen LogP contribution in [0.2, 0.25) is 0 Å². The first-order chi connectivity index (χ1) is 15.5. The summed E-state index contributed by atoms with van der Waals surface area (Å²) in [5.41, 5.74) is 2.85. The molecular weight excluding hydrogens is 426 g/mol. The van der Waals surface area contributed by atoms with E-state index in [0.29, 0.717) is 53.3 Å². The van der Waals surface area contributed by atoms with Gasteiger partial charge < -0.3 is 30.2 Å². The Kier molecular flexibility index (Phi) is 8.70. The van der Waals surface area contributed by atoms with Crippen LogP contribution in [0.15, 0.2) is 36.4 Å². The summed E-state index contributed by atoms with van der Waals surface area (Å²) < 4.78 is 17.2. The first-order valence-corrected chi connectivity index (χ1v) is 11.4. The number of benzene rings is 2. The minimum Gasteiger partial charge on any atom is -0.492 e. The molecule has 3 N–H and O–H groups in total. The Morgan fingerprint density at radius 2 is 1.69 bits per heavy atom. The van der Waals surface area contributed by atoms with Gasteiger partial charge in [0.15, 0.2) is 5.11 Å². The third kappa shape index (κ3) is 6.58. The standard InChI is InChI=1S/C24H31N3O4S/c1-4-29-21-14-20(27-24(32)25-15-18-7-6-12-31-18)22(30-5-2)13-19(21)26-23(28)17-10-8-16(3)9-11-17/h8-11,13-14,18H,4-7,12,15H2,1-3H3,(H,26,28)(H2,25,27,32)/t18-/m0/s1. The van der Waals surface area contributed by atoms with E-state index in [-0.39, 0.29) is 12.0 Å². The van der Waals surface area contributed by atoms with Crippen molar-refractivity contribution in [1.82, 2.24) is 5.32 Å². The summed E-state index contributed by atoms with van der Waals surface area (Å²) in [5, 5.41) is 9.79. The molecule has 0 saturated carbocycles. The van der Waals surface area contributed by atoms with Crippen molar-refractivity contribution >= 4 is 34.6 Å². The van der Waals surface area contributed by atoms with Crippen molar-refractivity contribution in [3.8, 4) is 11.5 Å². The van der Waals surface area contributed by atoms with Crippen LogP contribution in [0, 0.1) is 6.92 Å². The highest BCUT2D eigenvalue weighted by atomic mass is 32.1. The summed E-state index contributed by atoms with van der Waals surface area (Å²) in [6, 6.07) is 10.9. The molecule has 1 heterocycles. The molecule has 1 aliphatic heterocycles. The number of rotatable bonds is 9. The van der Waals surface area contributed by atoms with Crippen LogP contribution in [0.3, 0.4) is 0 Å². The number of nitrogens with one attached hydrogen (secondary N) is 3. The minimum absolute atomic E-state index is 0.180. The van der Waals surface area contributed by atoms with Gasteiger partial charge in [-0.15, -0.1) is 0 Å². The third-order valence-electron chi connectivity index (χ3n) is 5.01. The Labute approximate surface area is 194 Å². The number of ether oxygens (including phenoxy) is 3. The van der Waals surface area contributed by atoms with Gasteiger partial charge in [0, 0.05) is 30.8 Å². The zero-order chi connectivity index (χ0) is 22.9. The number of carbonyl (C=O) groups is 1. The first-order valence-electron chi connectivity index (χ1n) is 11.0. The van der Waals surface area contributed by atoms with E-state index in [1.54, 1.807) is 24.3 Å². The molecule has 172 valence electrons. The summed E-state index contributed by atoms with van der Waals surface area (Å²) in [4.78, 5) is 12.8. The zero-order valence-corrected chi connectivity index (χ0v) is 19.6. The minimum atomic E-state index is -0.220. The molecule has 7 nitrogen and oxygen atoms in total. The Bertz CT molecular complexity index is 928. The summed E-state index contributed by atoms with van der Waals surface area (Å²) in [7, 11) is 0. The van der Waals surface area contributed by atoms with E-state index in [1.807, 2.05) is 32.9 Å². The van der Waals surface area contributed by atoms with Crippen LogP contribution in [0.25, 0.3) is 0 Å². The molecule has 8 heteroatoms. The first kappa shape index (κ1) is 23.8. The van der Waals surface area contributed by atoms with Gasteiger partial charge in [0.2, 0.25) is 0 Å². The highest BCUT2D eigenvalue weighted by Gasteiger charge is 2.18. The van der Waals surface area contributed by atoms with Crippen molar-refractivity contribution in [1.29, 1.82) is 0 Å². The molecule has 1 aliphatic rings. The van der Waals surface area contributed by atoms with Crippen LogP contribution >= 0.6 is 12.2 Å². The van der Waals surface area contributed by atoms with E-state index in [4.69, 9.17) is 26.4 Å². The molecule has 1 saturated heterocycles. The van der Waals surface area contributed by atoms with E-state index in [2.05, 4.69) is 16.0 Å². The number of hydrogen-bond donors (Lipinski definition) is 3. The van der Waals surface area contributed by atoms with Crippen LogP contribution in [0.4, 0.5) is 11.4 Å². The molecule has 32 heavy (non-hydrogen) atoms. The van der Waals surface area contributed by atoms with Gasteiger partial charge in [0.25, 0.3) is 5.91 Å². The zero-order valence-electron chi connectivity index (χ0n) is 18.8. The number of aryl methyl sites for hydroxylation is 1. The van der Waals surface area contributed by atoms with Gasteiger partial charge in [-0.1, -0.05) is 17.7 Å². The van der Waals surface area contributed by atoms with E-state index in [1.165, 1.54) is 0 Å². The van der Waals surface area contributed by atoms with Crippen molar-refractivity contribution < 1.29 is 19.0 Å². The van der Waals surface area contributed by atoms with Crippen LogP contribution < -0.4 is 25.4 Å². The molecule has 2 aromatic carbocycles. The quantitative estimate of drug-likeness (QED) is 0.478. The summed E-state index contributed by atoms with van der Waals surface area (Å²) >= 11 is 5.46.